The van der Waals surface area contributed by atoms with Crippen LogP contribution in [0.25, 0.3) is 0 Å². The molecule has 0 spiro atoms. The monoisotopic (exact) mass is 262 g/mol. The van der Waals surface area contributed by atoms with E-state index >= 15 is 0 Å². The van der Waals surface area contributed by atoms with Crippen molar-refractivity contribution in [1.29, 1.82) is 0 Å². The molecule has 4 nitrogen and oxygen atoms in total. The molecule has 0 amide bonds. The number of nitrogens with zero attached hydrogens (tertiary/aromatic N) is 4. The van der Waals surface area contributed by atoms with Crippen molar-refractivity contribution >= 4 is 17.4 Å². The number of rotatable bonds is 4. The van der Waals surface area contributed by atoms with E-state index in [0.29, 0.717) is 6.54 Å². The molecular weight excluding hydrogens is 248 g/mol. The molecule has 0 aromatic carbocycles. The summed E-state index contributed by atoms with van der Waals surface area (Å²) >= 11 is 5.81. The molecular formula is C13H15ClN4. The fourth-order valence-corrected chi connectivity index (χ4v) is 1.88. The van der Waals surface area contributed by atoms with Crippen LogP contribution in [0, 0.1) is 6.92 Å². The fraction of sp³-hybridized carbons (Fsp3) is 0.308. The molecule has 0 aliphatic rings. The highest BCUT2D eigenvalue weighted by Gasteiger charge is 2.08. The predicted octanol–water partition coefficient (Wildman–Crippen LogP) is 2.86. The third-order valence-electron chi connectivity index (χ3n) is 2.62. The lowest BCUT2D eigenvalue weighted by molar-refractivity contribution is 0.788. The molecule has 2 rings (SSSR count). The summed E-state index contributed by atoms with van der Waals surface area (Å²) in [5.74, 6) is 0.820. The van der Waals surface area contributed by atoms with Gasteiger partial charge in [-0.3, -0.25) is 4.98 Å². The van der Waals surface area contributed by atoms with Gasteiger partial charge in [-0.1, -0.05) is 6.07 Å². The van der Waals surface area contributed by atoms with Gasteiger partial charge >= 0.3 is 0 Å². The molecule has 0 aliphatic carbocycles. The number of hydrogen-bond donors (Lipinski definition) is 0. The molecule has 0 N–H and O–H groups in total. The Bertz CT molecular complexity index is 530. The largest absolute Gasteiger partial charge is 0.351 e. The lowest BCUT2D eigenvalue weighted by Gasteiger charge is -2.21. The first kappa shape index (κ1) is 12.8. The zero-order valence-electron chi connectivity index (χ0n) is 10.5. The van der Waals surface area contributed by atoms with Crippen molar-refractivity contribution in [2.75, 3.05) is 11.4 Å². The van der Waals surface area contributed by atoms with Crippen LogP contribution in [0.3, 0.4) is 0 Å². The van der Waals surface area contributed by atoms with Crippen LogP contribution >= 0.6 is 11.6 Å². The summed E-state index contributed by atoms with van der Waals surface area (Å²) < 4.78 is 0. The Balaban J connectivity index is 2.19. The minimum atomic E-state index is 0.267. The maximum Gasteiger partial charge on any atom is 0.224 e. The second kappa shape index (κ2) is 5.78. The first-order valence-electron chi connectivity index (χ1n) is 5.85. The summed E-state index contributed by atoms with van der Waals surface area (Å²) in [6.07, 6.45) is 1.66. The van der Waals surface area contributed by atoms with Crippen LogP contribution in [-0.2, 0) is 6.54 Å². The summed E-state index contributed by atoms with van der Waals surface area (Å²) in [4.78, 5) is 14.7. The van der Waals surface area contributed by atoms with E-state index in [1.807, 2.05) is 31.2 Å². The third-order valence-corrected chi connectivity index (χ3v) is 2.80. The van der Waals surface area contributed by atoms with Crippen LogP contribution in [-0.4, -0.2) is 21.5 Å². The molecule has 2 aromatic rings. The number of pyridine rings is 1. The smallest absolute Gasteiger partial charge is 0.224 e. The quantitative estimate of drug-likeness (QED) is 0.795. The Labute approximate surface area is 112 Å². The Hall–Kier alpha value is -1.68. The normalized spacial score (nSPS) is 10.4. The Morgan fingerprint density at radius 3 is 2.72 bits per heavy atom. The topological polar surface area (TPSA) is 41.9 Å². The number of anilines is 1. The van der Waals surface area contributed by atoms with Crippen molar-refractivity contribution in [3.63, 3.8) is 0 Å². The van der Waals surface area contributed by atoms with Crippen molar-refractivity contribution < 1.29 is 0 Å². The Morgan fingerprint density at radius 1 is 1.22 bits per heavy atom. The zero-order valence-corrected chi connectivity index (χ0v) is 11.2. The van der Waals surface area contributed by atoms with E-state index in [-0.39, 0.29) is 5.28 Å². The van der Waals surface area contributed by atoms with Crippen molar-refractivity contribution in [2.24, 2.45) is 0 Å². The van der Waals surface area contributed by atoms with Gasteiger partial charge in [-0.15, -0.1) is 0 Å². The molecule has 0 saturated carbocycles. The molecule has 0 saturated heterocycles. The van der Waals surface area contributed by atoms with Crippen molar-refractivity contribution in [3.8, 4) is 0 Å². The van der Waals surface area contributed by atoms with Gasteiger partial charge in [0.05, 0.1) is 12.2 Å². The van der Waals surface area contributed by atoms with Crippen molar-refractivity contribution in [2.45, 2.75) is 20.4 Å². The van der Waals surface area contributed by atoms with Crippen LogP contribution in [0.5, 0.6) is 0 Å². The third kappa shape index (κ3) is 3.17. The summed E-state index contributed by atoms with van der Waals surface area (Å²) in [6, 6.07) is 7.86. The van der Waals surface area contributed by atoms with E-state index in [2.05, 4.69) is 26.8 Å². The highest BCUT2D eigenvalue weighted by molar-refractivity contribution is 6.28. The summed E-state index contributed by atoms with van der Waals surface area (Å²) in [5.41, 5.74) is 2.04. The minimum Gasteiger partial charge on any atom is -0.351 e. The molecule has 0 fully saturated rings. The first-order valence-corrected chi connectivity index (χ1v) is 6.23. The summed E-state index contributed by atoms with van der Waals surface area (Å²) in [5, 5.41) is 0.267. The Kier molecular flexibility index (Phi) is 4.10. The minimum absolute atomic E-state index is 0.267. The lowest BCUT2D eigenvalue weighted by atomic mass is 10.3. The van der Waals surface area contributed by atoms with Crippen LogP contribution in [0.4, 0.5) is 5.82 Å². The average molecular weight is 263 g/mol. The molecule has 0 bridgehead atoms. The number of aromatic nitrogens is 3. The standard InChI is InChI=1S/C13H15ClN4/c1-3-18(12-7-8-15-13(14)17-12)9-11-6-4-5-10(2)16-11/h4-8H,3,9H2,1-2H3. The van der Waals surface area contributed by atoms with Crippen LogP contribution < -0.4 is 4.90 Å². The van der Waals surface area contributed by atoms with Gasteiger partial charge in [0.2, 0.25) is 5.28 Å². The first-order chi connectivity index (χ1) is 8.69. The maximum atomic E-state index is 5.81. The van der Waals surface area contributed by atoms with E-state index in [1.54, 1.807) is 6.20 Å². The molecule has 0 atom stereocenters. The van der Waals surface area contributed by atoms with E-state index in [4.69, 9.17) is 11.6 Å². The van der Waals surface area contributed by atoms with Crippen molar-refractivity contribution in [3.05, 3.63) is 47.1 Å². The predicted molar refractivity (Wildman–Crippen MR) is 72.7 cm³/mol. The molecule has 94 valence electrons. The second-order valence-corrected chi connectivity index (χ2v) is 4.31. The van der Waals surface area contributed by atoms with E-state index < -0.39 is 0 Å². The number of hydrogen-bond acceptors (Lipinski definition) is 4. The van der Waals surface area contributed by atoms with E-state index in [1.165, 1.54) is 0 Å². The van der Waals surface area contributed by atoms with E-state index in [0.717, 1.165) is 23.8 Å². The van der Waals surface area contributed by atoms with Gasteiger partial charge in [-0.2, -0.15) is 0 Å². The molecule has 5 heteroatoms. The van der Waals surface area contributed by atoms with Gasteiger partial charge < -0.3 is 4.90 Å². The van der Waals surface area contributed by atoms with Gasteiger partial charge in [0.25, 0.3) is 0 Å². The molecule has 2 aromatic heterocycles. The number of halogens is 1. The zero-order chi connectivity index (χ0) is 13.0. The molecule has 2 heterocycles. The maximum absolute atomic E-state index is 5.81. The van der Waals surface area contributed by atoms with Gasteiger partial charge in [0, 0.05) is 18.4 Å². The van der Waals surface area contributed by atoms with Crippen molar-refractivity contribution in [1.82, 2.24) is 15.0 Å². The lowest BCUT2D eigenvalue weighted by Crippen LogP contribution is -2.23. The summed E-state index contributed by atoms with van der Waals surface area (Å²) in [6.45, 7) is 5.61. The summed E-state index contributed by atoms with van der Waals surface area (Å²) in [7, 11) is 0. The van der Waals surface area contributed by atoms with Gasteiger partial charge in [-0.25, -0.2) is 9.97 Å². The molecule has 0 unspecified atom stereocenters. The van der Waals surface area contributed by atoms with Gasteiger partial charge in [0.15, 0.2) is 0 Å². The molecule has 18 heavy (non-hydrogen) atoms. The molecule has 0 radical (unpaired) electrons. The number of aryl methyl sites for hydroxylation is 1. The second-order valence-electron chi connectivity index (χ2n) is 3.97. The van der Waals surface area contributed by atoms with Gasteiger partial charge in [-0.05, 0) is 43.6 Å². The molecule has 0 aliphatic heterocycles. The van der Waals surface area contributed by atoms with Gasteiger partial charge in [0.1, 0.15) is 5.82 Å². The SMILES string of the molecule is CCN(Cc1cccc(C)n1)c1ccnc(Cl)n1. The van der Waals surface area contributed by atoms with Crippen LogP contribution in [0.1, 0.15) is 18.3 Å². The van der Waals surface area contributed by atoms with E-state index in [9.17, 15) is 0 Å². The highest BCUT2D eigenvalue weighted by atomic mass is 35.5. The van der Waals surface area contributed by atoms with Crippen LogP contribution in [0.15, 0.2) is 30.5 Å². The van der Waals surface area contributed by atoms with Crippen LogP contribution in [0.2, 0.25) is 5.28 Å². The average Bonchev–Trinajstić information content (AvgIpc) is 2.36. The highest BCUT2D eigenvalue weighted by Crippen LogP contribution is 2.14. The Morgan fingerprint density at radius 2 is 2.06 bits per heavy atom. The fourth-order valence-electron chi connectivity index (χ4n) is 1.74.